The number of benzene rings is 2. The first kappa shape index (κ1) is 13.9. The van der Waals surface area contributed by atoms with Gasteiger partial charge in [-0.3, -0.25) is 0 Å². The predicted octanol–water partition coefficient (Wildman–Crippen LogP) is 2.56. The summed E-state index contributed by atoms with van der Waals surface area (Å²) in [6.07, 6.45) is 0. The van der Waals surface area contributed by atoms with Gasteiger partial charge in [-0.1, -0.05) is 24.3 Å². The SMILES string of the molecule is COc1ccc(CNCc2ccccc2O)cc1C#N. The van der Waals surface area contributed by atoms with E-state index in [9.17, 15) is 5.11 Å². The molecule has 2 aromatic rings. The van der Waals surface area contributed by atoms with Gasteiger partial charge in [-0.05, 0) is 23.8 Å². The third kappa shape index (κ3) is 3.28. The first-order chi connectivity index (χ1) is 9.74. The predicted molar refractivity (Wildman–Crippen MR) is 76.4 cm³/mol. The van der Waals surface area contributed by atoms with Crippen molar-refractivity contribution in [1.82, 2.24) is 5.32 Å². The monoisotopic (exact) mass is 268 g/mol. The Morgan fingerprint density at radius 3 is 2.70 bits per heavy atom. The van der Waals surface area contributed by atoms with Crippen molar-refractivity contribution in [2.45, 2.75) is 13.1 Å². The molecule has 20 heavy (non-hydrogen) atoms. The van der Waals surface area contributed by atoms with Crippen LogP contribution in [0.5, 0.6) is 11.5 Å². The van der Waals surface area contributed by atoms with Crippen LogP contribution in [0.2, 0.25) is 0 Å². The van der Waals surface area contributed by atoms with E-state index in [1.165, 1.54) is 0 Å². The average Bonchev–Trinajstić information content (AvgIpc) is 2.49. The number of nitriles is 1. The first-order valence-corrected chi connectivity index (χ1v) is 6.29. The molecule has 0 saturated carbocycles. The summed E-state index contributed by atoms with van der Waals surface area (Å²) in [7, 11) is 1.55. The number of aromatic hydroxyl groups is 1. The molecule has 0 bridgehead atoms. The number of nitrogens with zero attached hydrogens (tertiary/aromatic N) is 1. The molecule has 0 saturated heterocycles. The number of methoxy groups -OCH3 is 1. The van der Waals surface area contributed by atoms with Crippen LogP contribution >= 0.6 is 0 Å². The molecule has 2 N–H and O–H groups in total. The van der Waals surface area contributed by atoms with Crippen molar-refractivity contribution in [2.75, 3.05) is 7.11 Å². The summed E-state index contributed by atoms with van der Waals surface area (Å²) < 4.78 is 5.10. The average molecular weight is 268 g/mol. The van der Waals surface area contributed by atoms with Gasteiger partial charge in [-0.25, -0.2) is 0 Å². The number of nitrogens with one attached hydrogen (secondary N) is 1. The fourth-order valence-corrected chi connectivity index (χ4v) is 1.95. The molecule has 0 radical (unpaired) electrons. The van der Waals surface area contributed by atoms with E-state index in [4.69, 9.17) is 10.00 Å². The fraction of sp³-hybridized carbons (Fsp3) is 0.188. The van der Waals surface area contributed by atoms with Crippen LogP contribution in [0.1, 0.15) is 16.7 Å². The molecule has 4 nitrogen and oxygen atoms in total. The zero-order valence-corrected chi connectivity index (χ0v) is 11.3. The Labute approximate surface area is 118 Å². The van der Waals surface area contributed by atoms with Crippen LogP contribution in [-0.4, -0.2) is 12.2 Å². The van der Waals surface area contributed by atoms with Crippen LogP contribution < -0.4 is 10.1 Å². The zero-order chi connectivity index (χ0) is 14.4. The highest BCUT2D eigenvalue weighted by Gasteiger charge is 2.04. The van der Waals surface area contributed by atoms with E-state index >= 15 is 0 Å². The summed E-state index contributed by atoms with van der Waals surface area (Å²) in [6.45, 7) is 1.19. The van der Waals surface area contributed by atoms with E-state index in [-0.39, 0.29) is 5.75 Å². The Bertz CT molecular complexity index is 633. The van der Waals surface area contributed by atoms with E-state index in [1.54, 1.807) is 31.4 Å². The van der Waals surface area contributed by atoms with Gasteiger partial charge in [-0.2, -0.15) is 5.26 Å². The molecule has 2 rings (SSSR count). The molecule has 0 aliphatic carbocycles. The van der Waals surface area contributed by atoms with Crippen LogP contribution in [0.15, 0.2) is 42.5 Å². The second-order valence-electron chi connectivity index (χ2n) is 4.38. The molecular weight excluding hydrogens is 252 g/mol. The summed E-state index contributed by atoms with van der Waals surface area (Å²) in [5, 5.41) is 21.9. The van der Waals surface area contributed by atoms with E-state index in [0.717, 1.165) is 11.1 Å². The lowest BCUT2D eigenvalue weighted by molar-refractivity contribution is 0.413. The van der Waals surface area contributed by atoms with Gasteiger partial charge >= 0.3 is 0 Å². The summed E-state index contributed by atoms with van der Waals surface area (Å²) in [5.74, 6) is 0.865. The quantitative estimate of drug-likeness (QED) is 0.874. The van der Waals surface area contributed by atoms with Crippen molar-refractivity contribution >= 4 is 0 Å². The number of ether oxygens (including phenoxy) is 1. The van der Waals surface area contributed by atoms with Gasteiger partial charge in [0.15, 0.2) is 0 Å². The van der Waals surface area contributed by atoms with Gasteiger partial charge in [0.25, 0.3) is 0 Å². The van der Waals surface area contributed by atoms with Crippen molar-refractivity contribution in [3.05, 3.63) is 59.2 Å². The normalized spacial score (nSPS) is 10.0. The van der Waals surface area contributed by atoms with Crippen molar-refractivity contribution in [3.8, 4) is 17.6 Å². The summed E-state index contributed by atoms with van der Waals surface area (Å²) in [5.41, 5.74) is 2.37. The third-order valence-electron chi connectivity index (χ3n) is 3.02. The maximum atomic E-state index is 9.66. The number of para-hydroxylation sites is 1. The molecule has 2 aromatic carbocycles. The van der Waals surface area contributed by atoms with Crippen molar-refractivity contribution < 1.29 is 9.84 Å². The van der Waals surface area contributed by atoms with E-state index < -0.39 is 0 Å². The highest BCUT2D eigenvalue weighted by atomic mass is 16.5. The van der Waals surface area contributed by atoms with Gasteiger partial charge in [-0.15, -0.1) is 0 Å². The molecule has 4 heteroatoms. The van der Waals surface area contributed by atoms with Crippen molar-refractivity contribution in [3.63, 3.8) is 0 Å². The summed E-state index contributed by atoms with van der Waals surface area (Å²) in [6, 6.07) is 14.8. The van der Waals surface area contributed by atoms with Crippen LogP contribution in [0.25, 0.3) is 0 Å². The third-order valence-corrected chi connectivity index (χ3v) is 3.02. The van der Waals surface area contributed by atoms with Crippen LogP contribution in [-0.2, 0) is 13.1 Å². The second kappa shape index (κ2) is 6.60. The second-order valence-corrected chi connectivity index (χ2v) is 4.38. The molecule has 0 aliphatic heterocycles. The van der Waals surface area contributed by atoms with Crippen molar-refractivity contribution in [1.29, 1.82) is 5.26 Å². The summed E-state index contributed by atoms with van der Waals surface area (Å²) >= 11 is 0. The summed E-state index contributed by atoms with van der Waals surface area (Å²) in [4.78, 5) is 0. The van der Waals surface area contributed by atoms with E-state index in [2.05, 4.69) is 11.4 Å². The number of hydrogen-bond donors (Lipinski definition) is 2. The minimum absolute atomic E-state index is 0.285. The molecule has 0 aliphatic rings. The number of rotatable bonds is 5. The molecule has 0 amide bonds. The molecule has 0 unspecified atom stereocenters. The minimum Gasteiger partial charge on any atom is -0.508 e. The molecule has 102 valence electrons. The lowest BCUT2D eigenvalue weighted by Gasteiger charge is -2.08. The fourth-order valence-electron chi connectivity index (χ4n) is 1.95. The van der Waals surface area contributed by atoms with Crippen molar-refractivity contribution in [2.24, 2.45) is 0 Å². The van der Waals surface area contributed by atoms with Gasteiger partial charge in [0.05, 0.1) is 12.7 Å². The lowest BCUT2D eigenvalue weighted by Crippen LogP contribution is -2.12. The topological polar surface area (TPSA) is 65.3 Å². The Morgan fingerprint density at radius 2 is 2.00 bits per heavy atom. The molecule has 0 aromatic heterocycles. The number of hydrogen-bond acceptors (Lipinski definition) is 4. The molecule has 0 atom stereocenters. The Balaban J connectivity index is 1.98. The molecule has 0 spiro atoms. The Morgan fingerprint density at radius 1 is 1.20 bits per heavy atom. The smallest absolute Gasteiger partial charge is 0.136 e. The van der Waals surface area contributed by atoms with Crippen LogP contribution in [0, 0.1) is 11.3 Å². The lowest BCUT2D eigenvalue weighted by atomic mass is 10.1. The standard InChI is InChI=1S/C16H16N2O2/c1-20-16-7-6-12(8-14(16)9-17)10-18-11-13-4-2-3-5-15(13)19/h2-8,18-19H,10-11H2,1H3. The van der Waals surface area contributed by atoms with Crippen LogP contribution in [0.4, 0.5) is 0 Å². The minimum atomic E-state index is 0.285. The molecular formula is C16H16N2O2. The number of phenols is 1. The maximum Gasteiger partial charge on any atom is 0.136 e. The van der Waals surface area contributed by atoms with Gasteiger partial charge in [0.2, 0.25) is 0 Å². The molecule has 0 heterocycles. The number of phenolic OH excluding ortho intramolecular Hbond substituents is 1. The molecule has 0 fully saturated rings. The van der Waals surface area contributed by atoms with Gasteiger partial charge < -0.3 is 15.2 Å². The van der Waals surface area contributed by atoms with Gasteiger partial charge in [0.1, 0.15) is 17.6 Å². The largest absolute Gasteiger partial charge is 0.508 e. The zero-order valence-electron chi connectivity index (χ0n) is 11.3. The van der Waals surface area contributed by atoms with E-state index in [1.807, 2.05) is 18.2 Å². The first-order valence-electron chi connectivity index (χ1n) is 6.29. The highest BCUT2D eigenvalue weighted by Crippen LogP contribution is 2.19. The Hall–Kier alpha value is -2.51. The van der Waals surface area contributed by atoms with Gasteiger partial charge in [0, 0.05) is 18.7 Å². The van der Waals surface area contributed by atoms with Crippen LogP contribution in [0.3, 0.4) is 0 Å². The Kier molecular flexibility index (Phi) is 4.59. The van der Waals surface area contributed by atoms with E-state index in [0.29, 0.717) is 24.4 Å². The maximum absolute atomic E-state index is 9.66. The highest BCUT2D eigenvalue weighted by molar-refractivity contribution is 5.45.